The Morgan fingerprint density at radius 1 is 1.32 bits per heavy atom. The highest BCUT2D eigenvalue weighted by Crippen LogP contribution is 2.10. The zero-order valence-corrected chi connectivity index (χ0v) is 11.4. The Kier molecular flexibility index (Phi) is 4.87. The topological polar surface area (TPSA) is 66.4 Å². The van der Waals surface area contributed by atoms with Crippen LogP contribution in [0.1, 0.15) is 31.4 Å². The third-order valence-corrected chi connectivity index (χ3v) is 3.08. The molecule has 0 saturated heterocycles. The van der Waals surface area contributed by atoms with Crippen LogP contribution in [0.5, 0.6) is 0 Å². The number of carboxylic acid groups (broad SMARTS) is 1. The standard InChI is InChI=1S/C15H19NO3/c1-4-15(3,14(18)19)16-13(17)10-9-12-7-5-11(2)6-8-12/h5-10H,4H2,1-3H3,(H,16,17)(H,18,19). The van der Waals surface area contributed by atoms with Gasteiger partial charge in [0.05, 0.1) is 0 Å². The number of carboxylic acids is 1. The molecule has 1 amide bonds. The second-order valence-corrected chi connectivity index (χ2v) is 4.72. The molecule has 0 aliphatic carbocycles. The van der Waals surface area contributed by atoms with Crippen LogP contribution in [-0.4, -0.2) is 22.5 Å². The Morgan fingerprint density at radius 3 is 2.37 bits per heavy atom. The van der Waals surface area contributed by atoms with Crippen molar-refractivity contribution in [1.29, 1.82) is 0 Å². The molecule has 19 heavy (non-hydrogen) atoms. The SMILES string of the molecule is CCC(C)(NC(=O)C=Cc1ccc(C)cc1)C(=O)O. The van der Waals surface area contributed by atoms with Crippen molar-refractivity contribution in [3.8, 4) is 0 Å². The monoisotopic (exact) mass is 261 g/mol. The van der Waals surface area contributed by atoms with Gasteiger partial charge in [0.15, 0.2) is 0 Å². The quantitative estimate of drug-likeness (QED) is 0.800. The number of carbonyl (C=O) groups excluding carboxylic acids is 1. The van der Waals surface area contributed by atoms with Gasteiger partial charge in [-0.05, 0) is 31.9 Å². The van der Waals surface area contributed by atoms with Crippen LogP contribution >= 0.6 is 0 Å². The number of benzene rings is 1. The molecule has 1 atom stereocenters. The van der Waals surface area contributed by atoms with E-state index in [1.54, 1.807) is 13.0 Å². The number of amides is 1. The van der Waals surface area contributed by atoms with E-state index in [-0.39, 0.29) is 0 Å². The fourth-order valence-corrected chi connectivity index (χ4v) is 1.46. The maximum absolute atomic E-state index is 11.7. The second-order valence-electron chi connectivity index (χ2n) is 4.72. The van der Waals surface area contributed by atoms with E-state index in [1.807, 2.05) is 31.2 Å². The molecule has 2 N–H and O–H groups in total. The molecular weight excluding hydrogens is 242 g/mol. The summed E-state index contributed by atoms with van der Waals surface area (Å²) in [4.78, 5) is 22.8. The molecule has 0 aromatic heterocycles. The van der Waals surface area contributed by atoms with Crippen LogP contribution in [0.3, 0.4) is 0 Å². The molecular formula is C15H19NO3. The van der Waals surface area contributed by atoms with E-state index in [0.29, 0.717) is 6.42 Å². The van der Waals surface area contributed by atoms with E-state index in [9.17, 15) is 9.59 Å². The average Bonchev–Trinajstić information content (AvgIpc) is 2.37. The van der Waals surface area contributed by atoms with Crippen molar-refractivity contribution in [1.82, 2.24) is 5.32 Å². The molecule has 1 rings (SSSR count). The zero-order chi connectivity index (χ0) is 14.5. The predicted octanol–water partition coefficient (Wildman–Crippen LogP) is 2.38. The van der Waals surface area contributed by atoms with Crippen LogP contribution in [-0.2, 0) is 9.59 Å². The molecule has 0 radical (unpaired) electrons. The minimum Gasteiger partial charge on any atom is -0.480 e. The summed E-state index contributed by atoms with van der Waals surface area (Å²) >= 11 is 0. The van der Waals surface area contributed by atoms with E-state index >= 15 is 0 Å². The Balaban J connectivity index is 2.70. The zero-order valence-electron chi connectivity index (χ0n) is 11.4. The van der Waals surface area contributed by atoms with Gasteiger partial charge in [0.1, 0.15) is 5.54 Å². The van der Waals surface area contributed by atoms with E-state index in [4.69, 9.17) is 5.11 Å². The first-order valence-electron chi connectivity index (χ1n) is 6.17. The van der Waals surface area contributed by atoms with Crippen molar-refractivity contribution in [2.75, 3.05) is 0 Å². The molecule has 0 saturated carbocycles. The van der Waals surface area contributed by atoms with Gasteiger partial charge in [0.25, 0.3) is 0 Å². The van der Waals surface area contributed by atoms with Crippen LogP contribution in [0.4, 0.5) is 0 Å². The van der Waals surface area contributed by atoms with Crippen molar-refractivity contribution in [3.63, 3.8) is 0 Å². The second kappa shape index (κ2) is 6.18. The minimum atomic E-state index is -1.23. The number of hydrogen-bond acceptors (Lipinski definition) is 2. The number of nitrogens with one attached hydrogen (secondary N) is 1. The Hall–Kier alpha value is -2.10. The van der Waals surface area contributed by atoms with E-state index in [1.165, 1.54) is 13.0 Å². The van der Waals surface area contributed by atoms with E-state index in [2.05, 4.69) is 5.32 Å². The third kappa shape index (κ3) is 4.25. The maximum atomic E-state index is 11.7. The van der Waals surface area contributed by atoms with Crippen LogP contribution in [0.2, 0.25) is 0 Å². The van der Waals surface area contributed by atoms with E-state index < -0.39 is 17.4 Å². The summed E-state index contributed by atoms with van der Waals surface area (Å²) in [6.07, 6.45) is 3.33. The van der Waals surface area contributed by atoms with Gasteiger partial charge < -0.3 is 10.4 Å². The summed E-state index contributed by atoms with van der Waals surface area (Å²) in [5.74, 6) is -1.44. The molecule has 1 unspecified atom stereocenters. The maximum Gasteiger partial charge on any atom is 0.329 e. The van der Waals surface area contributed by atoms with Gasteiger partial charge >= 0.3 is 5.97 Å². The Labute approximate surface area is 113 Å². The fraction of sp³-hybridized carbons (Fsp3) is 0.333. The van der Waals surface area contributed by atoms with Crippen molar-refractivity contribution in [2.24, 2.45) is 0 Å². The van der Waals surface area contributed by atoms with Crippen molar-refractivity contribution in [3.05, 3.63) is 41.5 Å². The van der Waals surface area contributed by atoms with Gasteiger partial charge in [-0.3, -0.25) is 4.79 Å². The number of carbonyl (C=O) groups is 2. The van der Waals surface area contributed by atoms with Gasteiger partial charge in [-0.15, -0.1) is 0 Å². The highest BCUT2D eigenvalue weighted by atomic mass is 16.4. The van der Waals surface area contributed by atoms with Crippen molar-refractivity contribution < 1.29 is 14.7 Å². The number of rotatable bonds is 5. The molecule has 102 valence electrons. The number of aliphatic carboxylic acids is 1. The lowest BCUT2D eigenvalue weighted by Gasteiger charge is -2.23. The van der Waals surface area contributed by atoms with Gasteiger partial charge in [0.2, 0.25) is 5.91 Å². The molecule has 1 aromatic rings. The van der Waals surface area contributed by atoms with Crippen molar-refractivity contribution >= 4 is 18.0 Å². The summed E-state index contributed by atoms with van der Waals surface area (Å²) < 4.78 is 0. The first-order chi connectivity index (χ1) is 8.87. The van der Waals surface area contributed by atoms with Gasteiger partial charge in [0, 0.05) is 6.08 Å². The van der Waals surface area contributed by atoms with Crippen molar-refractivity contribution in [2.45, 2.75) is 32.7 Å². The highest BCUT2D eigenvalue weighted by Gasteiger charge is 2.31. The lowest BCUT2D eigenvalue weighted by Crippen LogP contribution is -2.51. The Bertz CT molecular complexity index is 491. The molecule has 4 nitrogen and oxygen atoms in total. The molecule has 4 heteroatoms. The molecule has 0 fully saturated rings. The third-order valence-electron chi connectivity index (χ3n) is 3.08. The lowest BCUT2D eigenvalue weighted by atomic mass is 9.99. The summed E-state index contributed by atoms with van der Waals surface area (Å²) in [5.41, 5.74) is 0.814. The summed E-state index contributed by atoms with van der Waals surface area (Å²) in [6, 6.07) is 7.70. The molecule has 1 aromatic carbocycles. The smallest absolute Gasteiger partial charge is 0.329 e. The number of aryl methyl sites for hydroxylation is 1. The summed E-state index contributed by atoms with van der Waals surface area (Å²) in [5, 5.41) is 11.6. The van der Waals surface area contributed by atoms with Gasteiger partial charge in [-0.1, -0.05) is 36.8 Å². The highest BCUT2D eigenvalue weighted by molar-refractivity contribution is 5.95. The first-order valence-corrected chi connectivity index (χ1v) is 6.17. The Morgan fingerprint density at radius 2 is 1.89 bits per heavy atom. The molecule has 0 aliphatic heterocycles. The largest absolute Gasteiger partial charge is 0.480 e. The van der Waals surface area contributed by atoms with Gasteiger partial charge in [-0.25, -0.2) is 4.79 Å². The van der Waals surface area contributed by atoms with Crippen LogP contribution in [0.25, 0.3) is 6.08 Å². The first kappa shape index (κ1) is 15.0. The minimum absolute atomic E-state index is 0.326. The molecule has 0 bridgehead atoms. The molecule has 0 spiro atoms. The fourth-order valence-electron chi connectivity index (χ4n) is 1.46. The number of hydrogen-bond donors (Lipinski definition) is 2. The lowest BCUT2D eigenvalue weighted by molar-refractivity contribution is -0.146. The van der Waals surface area contributed by atoms with Crippen LogP contribution in [0, 0.1) is 6.92 Å². The molecule has 0 heterocycles. The van der Waals surface area contributed by atoms with Crippen LogP contribution < -0.4 is 5.32 Å². The normalized spacial score (nSPS) is 14.1. The predicted molar refractivity (Wildman–Crippen MR) is 74.7 cm³/mol. The average molecular weight is 261 g/mol. The summed E-state index contributed by atoms with van der Waals surface area (Å²) in [6.45, 7) is 5.20. The van der Waals surface area contributed by atoms with Crippen LogP contribution in [0.15, 0.2) is 30.3 Å². The van der Waals surface area contributed by atoms with Gasteiger partial charge in [-0.2, -0.15) is 0 Å². The van der Waals surface area contributed by atoms with E-state index in [0.717, 1.165) is 11.1 Å². The molecule has 0 aliphatic rings. The summed E-state index contributed by atoms with van der Waals surface area (Å²) in [7, 11) is 0.